The number of tetrazole rings is 1. The predicted octanol–water partition coefficient (Wildman–Crippen LogP) is 1.99. The monoisotopic (exact) mass is 339 g/mol. The highest BCUT2D eigenvalue weighted by Gasteiger charge is 2.13. The zero-order valence-corrected chi connectivity index (χ0v) is 14.8. The Morgan fingerprint density at radius 3 is 2.68 bits per heavy atom. The summed E-state index contributed by atoms with van der Waals surface area (Å²) < 4.78 is 3.36. The zero-order chi connectivity index (χ0) is 18.0. The van der Waals surface area contributed by atoms with Crippen molar-refractivity contribution in [3.8, 4) is 5.69 Å². The molecule has 1 amide bonds. The molecular weight excluding hydrogens is 318 g/mol. The molecule has 0 aliphatic heterocycles. The molecule has 0 saturated carbocycles. The Morgan fingerprint density at radius 1 is 1.24 bits per heavy atom. The van der Waals surface area contributed by atoms with E-state index in [1.54, 1.807) is 9.36 Å². The fourth-order valence-electron chi connectivity index (χ4n) is 2.92. The van der Waals surface area contributed by atoms with Crippen molar-refractivity contribution in [3.63, 3.8) is 0 Å². The minimum atomic E-state index is -0.126. The third-order valence-electron chi connectivity index (χ3n) is 4.18. The fourth-order valence-corrected chi connectivity index (χ4v) is 2.92. The molecule has 0 radical (unpaired) electrons. The minimum absolute atomic E-state index is 0.126. The van der Waals surface area contributed by atoms with Gasteiger partial charge in [-0.15, -0.1) is 5.10 Å². The van der Waals surface area contributed by atoms with E-state index in [1.807, 2.05) is 45.0 Å². The number of hydrogen-bond donors (Lipinski definition) is 1. The Morgan fingerprint density at radius 2 is 2.04 bits per heavy atom. The molecule has 2 aromatic heterocycles. The summed E-state index contributed by atoms with van der Waals surface area (Å²) in [5.74, 6) is 0.553. The molecule has 0 aliphatic carbocycles. The first-order valence-electron chi connectivity index (χ1n) is 8.17. The van der Waals surface area contributed by atoms with Gasteiger partial charge in [-0.05, 0) is 61.4 Å². The van der Waals surface area contributed by atoms with Crippen LogP contribution in [0, 0.1) is 20.8 Å². The van der Waals surface area contributed by atoms with Gasteiger partial charge in [0.15, 0.2) is 5.82 Å². The van der Waals surface area contributed by atoms with E-state index in [0.717, 1.165) is 23.5 Å². The maximum atomic E-state index is 12.4. The lowest BCUT2D eigenvalue weighted by molar-refractivity contribution is -0.116. The fraction of sp³-hybridized carbons (Fsp3) is 0.353. The Balaban J connectivity index is 1.75. The number of anilines is 1. The summed E-state index contributed by atoms with van der Waals surface area (Å²) in [4.78, 5) is 12.4. The van der Waals surface area contributed by atoms with Gasteiger partial charge in [-0.1, -0.05) is 13.0 Å². The molecule has 0 fully saturated rings. The highest BCUT2D eigenvalue weighted by Crippen LogP contribution is 2.16. The molecule has 1 aromatic carbocycles. The molecule has 3 aromatic rings. The number of benzene rings is 1. The van der Waals surface area contributed by atoms with E-state index in [1.165, 1.54) is 5.56 Å². The predicted molar refractivity (Wildman–Crippen MR) is 93.6 cm³/mol. The van der Waals surface area contributed by atoms with E-state index in [2.05, 4.69) is 32.9 Å². The SMILES string of the molecule is CCc1c(C)nn(CC(=O)Nc2cccc(-n3nnnc3C)c2)c1C. The van der Waals surface area contributed by atoms with Gasteiger partial charge in [0.1, 0.15) is 6.54 Å². The number of aromatic nitrogens is 6. The average Bonchev–Trinajstić information content (AvgIpc) is 3.11. The highest BCUT2D eigenvalue weighted by atomic mass is 16.2. The molecule has 1 N–H and O–H groups in total. The molecule has 8 heteroatoms. The van der Waals surface area contributed by atoms with Crippen LogP contribution in [0.25, 0.3) is 5.69 Å². The molecule has 25 heavy (non-hydrogen) atoms. The van der Waals surface area contributed by atoms with Crippen molar-refractivity contribution in [2.45, 2.75) is 40.7 Å². The average molecular weight is 339 g/mol. The van der Waals surface area contributed by atoms with Crippen LogP contribution >= 0.6 is 0 Å². The van der Waals surface area contributed by atoms with Gasteiger partial charge in [-0.2, -0.15) is 9.78 Å². The number of nitrogens with zero attached hydrogens (tertiary/aromatic N) is 6. The van der Waals surface area contributed by atoms with Crippen LogP contribution in [-0.2, 0) is 17.8 Å². The summed E-state index contributed by atoms with van der Waals surface area (Å²) in [7, 11) is 0. The summed E-state index contributed by atoms with van der Waals surface area (Å²) in [5.41, 5.74) is 4.69. The number of carbonyl (C=O) groups is 1. The van der Waals surface area contributed by atoms with Crippen molar-refractivity contribution in [3.05, 3.63) is 47.0 Å². The smallest absolute Gasteiger partial charge is 0.246 e. The number of nitrogens with one attached hydrogen (secondary N) is 1. The maximum Gasteiger partial charge on any atom is 0.246 e. The lowest BCUT2D eigenvalue weighted by Gasteiger charge is -2.09. The summed E-state index contributed by atoms with van der Waals surface area (Å²) in [5, 5.41) is 18.8. The summed E-state index contributed by atoms with van der Waals surface area (Å²) in [6.45, 7) is 8.06. The first-order valence-corrected chi connectivity index (χ1v) is 8.17. The van der Waals surface area contributed by atoms with Crippen LogP contribution in [0.15, 0.2) is 24.3 Å². The largest absolute Gasteiger partial charge is 0.324 e. The summed E-state index contributed by atoms with van der Waals surface area (Å²) in [6, 6.07) is 7.40. The topological polar surface area (TPSA) is 90.5 Å². The van der Waals surface area contributed by atoms with E-state index in [0.29, 0.717) is 11.5 Å². The molecule has 0 spiro atoms. The van der Waals surface area contributed by atoms with Crippen LogP contribution in [0.5, 0.6) is 0 Å². The van der Waals surface area contributed by atoms with E-state index < -0.39 is 0 Å². The van der Waals surface area contributed by atoms with Gasteiger partial charge in [-0.25, -0.2) is 0 Å². The number of aryl methyl sites for hydroxylation is 2. The van der Waals surface area contributed by atoms with Gasteiger partial charge < -0.3 is 5.32 Å². The molecule has 130 valence electrons. The van der Waals surface area contributed by atoms with Crippen molar-refractivity contribution >= 4 is 11.6 Å². The van der Waals surface area contributed by atoms with E-state index in [4.69, 9.17) is 0 Å². The molecule has 2 heterocycles. The van der Waals surface area contributed by atoms with Gasteiger partial charge >= 0.3 is 0 Å². The number of rotatable bonds is 5. The third kappa shape index (κ3) is 3.42. The Bertz CT molecular complexity index is 910. The molecule has 0 aliphatic rings. The molecule has 0 saturated heterocycles. The van der Waals surface area contributed by atoms with Gasteiger partial charge in [0.2, 0.25) is 5.91 Å². The standard InChI is InChI=1S/C17H21N7O/c1-5-16-11(2)20-23(12(16)3)10-17(25)18-14-7-6-8-15(9-14)24-13(4)19-21-22-24/h6-9H,5,10H2,1-4H3,(H,18,25). The summed E-state index contributed by atoms with van der Waals surface area (Å²) >= 11 is 0. The molecular formula is C17H21N7O. The Hall–Kier alpha value is -3.03. The van der Waals surface area contributed by atoms with Crippen molar-refractivity contribution < 1.29 is 4.79 Å². The minimum Gasteiger partial charge on any atom is -0.324 e. The zero-order valence-electron chi connectivity index (χ0n) is 14.8. The third-order valence-corrected chi connectivity index (χ3v) is 4.18. The molecule has 0 atom stereocenters. The number of carbonyl (C=O) groups excluding carboxylic acids is 1. The highest BCUT2D eigenvalue weighted by molar-refractivity contribution is 5.90. The first kappa shape index (κ1) is 16.8. The Kier molecular flexibility index (Phi) is 4.60. The molecule has 8 nitrogen and oxygen atoms in total. The van der Waals surface area contributed by atoms with Crippen LogP contribution in [0.4, 0.5) is 5.69 Å². The molecule has 0 unspecified atom stereocenters. The van der Waals surface area contributed by atoms with Crippen molar-refractivity contribution in [2.75, 3.05) is 5.32 Å². The number of amides is 1. The lowest BCUT2D eigenvalue weighted by Crippen LogP contribution is -2.20. The second-order valence-corrected chi connectivity index (χ2v) is 5.90. The van der Waals surface area contributed by atoms with Crippen LogP contribution in [-0.4, -0.2) is 35.9 Å². The molecule has 3 rings (SSSR count). The van der Waals surface area contributed by atoms with Gasteiger partial charge in [0.05, 0.1) is 11.4 Å². The quantitative estimate of drug-likeness (QED) is 0.767. The second-order valence-electron chi connectivity index (χ2n) is 5.90. The first-order chi connectivity index (χ1) is 12.0. The maximum absolute atomic E-state index is 12.4. The van der Waals surface area contributed by atoms with Crippen LogP contribution < -0.4 is 5.32 Å². The van der Waals surface area contributed by atoms with Crippen LogP contribution in [0.2, 0.25) is 0 Å². The van der Waals surface area contributed by atoms with Crippen molar-refractivity contribution in [2.24, 2.45) is 0 Å². The second kappa shape index (κ2) is 6.84. The van der Waals surface area contributed by atoms with E-state index in [-0.39, 0.29) is 12.5 Å². The van der Waals surface area contributed by atoms with Gasteiger partial charge in [0.25, 0.3) is 0 Å². The van der Waals surface area contributed by atoms with Crippen molar-refractivity contribution in [1.29, 1.82) is 0 Å². The van der Waals surface area contributed by atoms with Gasteiger partial charge in [0, 0.05) is 11.4 Å². The summed E-state index contributed by atoms with van der Waals surface area (Å²) in [6.07, 6.45) is 0.909. The number of hydrogen-bond acceptors (Lipinski definition) is 5. The normalized spacial score (nSPS) is 10.9. The lowest BCUT2D eigenvalue weighted by atomic mass is 10.1. The van der Waals surface area contributed by atoms with E-state index in [9.17, 15) is 4.79 Å². The van der Waals surface area contributed by atoms with Gasteiger partial charge in [-0.3, -0.25) is 9.48 Å². The Labute approximate surface area is 145 Å². The van der Waals surface area contributed by atoms with Crippen LogP contribution in [0.1, 0.15) is 29.7 Å². The van der Waals surface area contributed by atoms with E-state index >= 15 is 0 Å². The van der Waals surface area contributed by atoms with Crippen LogP contribution in [0.3, 0.4) is 0 Å². The van der Waals surface area contributed by atoms with Crippen molar-refractivity contribution in [1.82, 2.24) is 30.0 Å². The molecule has 0 bridgehead atoms.